The molecule has 1 N–H and O–H groups in total. The number of esters is 1. The van der Waals surface area contributed by atoms with Crippen molar-refractivity contribution in [2.24, 2.45) is 5.10 Å². The Balaban J connectivity index is 1.53. The van der Waals surface area contributed by atoms with Crippen LogP contribution in [-0.4, -0.2) is 31.8 Å². The van der Waals surface area contributed by atoms with Crippen LogP contribution in [0.5, 0.6) is 17.2 Å². The van der Waals surface area contributed by atoms with E-state index in [0.717, 1.165) is 6.42 Å². The fraction of sp³-hybridized carbons (Fsp3) is 0.160. The van der Waals surface area contributed by atoms with Crippen LogP contribution in [0.25, 0.3) is 0 Å². The lowest BCUT2D eigenvalue weighted by atomic mass is 10.2. The molecule has 1 amide bonds. The van der Waals surface area contributed by atoms with Gasteiger partial charge in [-0.2, -0.15) is 5.10 Å². The van der Waals surface area contributed by atoms with E-state index in [2.05, 4.69) is 17.5 Å². The van der Waals surface area contributed by atoms with Gasteiger partial charge in [-0.3, -0.25) is 4.79 Å². The van der Waals surface area contributed by atoms with Crippen molar-refractivity contribution in [1.29, 1.82) is 0 Å². The second kappa shape index (κ2) is 11.3. The number of nitrogens with one attached hydrogen (secondary N) is 1. The molecular formula is C25H24N2O5. The van der Waals surface area contributed by atoms with Crippen molar-refractivity contribution in [3.05, 3.63) is 89.5 Å². The van der Waals surface area contributed by atoms with Crippen molar-refractivity contribution in [3.8, 4) is 17.2 Å². The molecule has 3 aromatic carbocycles. The number of carbonyl (C=O) groups is 2. The Morgan fingerprint density at radius 2 is 1.72 bits per heavy atom. The summed E-state index contributed by atoms with van der Waals surface area (Å²) >= 11 is 0. The minimum absolute atomic E-state index is 0.152. The molecule has 0 spiro atoms. The highest BCUT2D eigenvalue weighted by molar-refractivity contribution is 5.91. The summed E-state index contributed by atoms with van der Waals surface area (Å²) in [5.41, 5.74) is 4.69. The third-order valence-electron chi connectivity index (χ3n) is 4.50. The Labute approximate surface area is 186 Å². The van der Waals surface area contributed by atoms with Gasteiger partial charge in [0.05, 0.1) is 18.9 Å². The van der Waals surface area contributed by atoms with Gasteiger partial charge in [0.15, 0.2) is 18.1 Å². The number of nitrogens with zero attached hydrogens (tertiary/aromatic N) is 1. The normalized spacial score (nSPS) is 10.6. The maximum absolute atomic E-state index is 12.2. The van der Waals surface area contributed by atoms with Gasteiger partial charge in [-0.1, -0.05) is 37.3 Å². The van der Waals surface area contributed by atoms with Gasteiger partial charge in [-0.25, -0.2) is 10.2 Å². The molecule has 32 heavy (non-hydrogen) atoms. The molecule has 164 valence electrons. The van der Waals surface area contributed by atoms with Crippen molar-refractivity contribution < 1.29 is 23.8 Å². The molecule has 0 saturated carbocycles. The quantitative estimate of drug-likeness (QED) is 0.239. The average molecular weight is 432 g/mol. The van der Waals surface area contributed by atoms with Gasteiger partial charge >= 0.3 is 5.97 Å². The number of amides is 1. The van der Waals surface area contributed by atoms with Crippen LogP contribution in [0, 0.1) is 0 Å². The molecule has 0 aromatic heterocycles. The van der Waals surface area contributed by atoms with E-state index in [0.29, 0.717) is 22.6 Å². The summed E-state index contributed by atoms with van der Waals surface area (Å²) in [6.45, 7) is 1.92. The summed E-state index contributed by atoms with van der Waals surface area (Å²) in [7, 11) is 1.47. The zero-order valence-electron chi connectivity index (χ0n) is 17.9. The van der Waals surface area contributed by atoms with E-state index in [1.165, 1.54) is 18.9 Å². The molecule has 0 unspecified atom stereocenters. The van der Waals surface area contributed by atoms with Gasteiger partial charge in [0.1, 0.15) is 5.75 Å². The number of rotatable bonds is 9. The van der Waals surface area contributed by atoms with E-state index in [1.807, 2.05) is 30.3 Å². The Hall–Kier alpha value is -4.13. The maximum Gasteiger partial charge on any atom is 0.343 e. The van der Waals surface area contributed by atoms with Crippen LogP contribution in [0.3, 0.4) is 0 Å². The Kier molecular flexibility index (Phi) is 7.97. The van der Waals surface area contributed by atoms with Gasteiger partial charge in [-0.15, -0.1) is 0 Å². The number of ether oxygens (including phenoxy) is 3. The first kappa shape index (κ1) is 22.6. The minimum atomic E-state index is -0.484. The van der Waals surface area contributed by atoms with Gasteiger partial charge in [0.25, 0.3) is 5.91 Å². The van der Waals surface area contributed by atoms with Crippen molar-refractivity contribution in [2.75, 3.05) is 13.7 Å². The Bertz CT molecular complexity index is 1080. The molecule has 0 atom stereocenters. The summed E-state index contributed by atoms with van der Waals surface area (Å²) in [5.74, 6) is 0.392. The summed E-state index contributed by atoms with van der Waals surface area (Å²) < 4.78 is 16.2. The SMILES string of the molecule is CCc1ccc(OCC(=O)NN=Cc2ccc(OC(=O)c3ccccc3)c(OC)c2)cc1. The van der Waals surface area contributed by atoms with Crippen molar-refractivity contribution in [2.45, 2.75) is 13.3 Å². The van der Waals surface area contributed by atoms with E-state index in [4.69, 9.17) is 14.2 Å². The second-order valence-electron chi connectivity index (χ2n) is 6.75. The van der Waals surface area contributed by atoms with Gasteiger partial charge < -0.3 is 14.2 Å². The van der Waals surface area contributed by atoms with Crippen molar-refractivity contribution in [3.63, 3.8) is 0 Å². The van der Waals surface area contributed by atoms with Gasteiger partial charge in [-0.05, 0) is 60.0 Å². The minimum Gasteiger partial charge on any atom is -0.493 e. The van der Waals surface area contributed by atoms with Gasteiger partial charge in [0.2, 0.25) is 0 Å². The highest BCUT2D eigenvalue weighted by atomic mass is 16.6. The molecule has 3 aromatic rings. The maximum atomic E-state index is 12.2. The number of hydrazone groups is 1. The summed E-state index contributed by atoms with van der Waals surface area (Å²) in [4.78, 5) is 24.2. The highest BCUT2D eigenvalue weighted by Crippen LogP contribution is 2.28. The van der Waals surface area contributed by atoms with Crippen molar-refractivity contribution >= 4 is 18.1 Å². The predicted molar refractivity (Wildman–Crippen MR) is 121 cm³/mol. The molecule has 0 heterocycles. The van der Waals surface area contributed by atoms with E-state index in [1.54, 1.807) is 42.5 Å². The largest absolute Gasteiger partial charge is 0.493 e. The third kappa shape index (κ3) is 6.43. The Morgan fingerprint density at radius 1 is 0.969 bits per heavy atom. The third-order valence-corrected chi connectivity index (χ3v) is 4.50. The molecule has 0 aliphatic carbocycles. The molecule has 0 aliphatic heterocycles. The molecule has 0 fully saturated rings. The summed E-state index contributed by atoms with van der Waals surface area (Å²) in [6.07, 6.45) is 2.40. The van der Waals surface area contributed by atoms with E-state index in [9.17, 15) is 9.59 Å². The first-order valence-electron chi connectivity index (χ1n) is 10.1. The molecule has 3 rings (SSSR count). The van der Waals surface area contributed by atoms with Crippen LogP contribution in [0.1, 0.15) is 28.4 Å². The summed E-state index contributed by atoms with van der Waals surface area (Å²) in [5, 5.41) is 3.93. The second-order valence-corrected chi connectivity index (χ2v) is 6.75. The molecule has 7 nitrogen and oxygen atoms in total. The zero-order valence-corrected chi connectivity index (χ0v) is 17.9. The van der Waals surface area contributed by atoms with Crippen LogP contribution in [0.15, 0.2) is 77.9 Å². The van der Waals surface area contributed by atoms with Crippen LogP contribution in [-0.2, 0) is 11.2 Å². The fourth-order valence-electron chi connectivity index (χ4n) is 2.76. The zero-order chi connectivity index (χ0) is 22.8. The number of hydrogen-bond acceptors (Lipinski definition) is 6. The number of methoxy groups -OCH3 is 1. The topological polar surface area (TPSA) is 86.2 Å². The number of hydrogen-bond donors (Lipinski definition) is 1. The van der Waals surface area contributed by atoms with Crippen LogP contribution in [0.4, 0.5) is 0 Å². The van der Waals surface area contributed by atoms with E-state index < -0.39 is 5.97 Å². The summed E-state index contributed by atoms with van der Waals surface area (Å²) in [6, 6.07) is 21.2. The van der Waals surface area contributed by atoms with Crippen LogP contribution in [0.2, 0.25) is 0 Å². The monoisotopic (exact) mass is 432 g/mol. The fourth-order valence-corrected chi connectivity index (χ4v) is 2.76. The van der Waals surface area contributed by atoms with E-state index in [-0.39, 0.29) is 18.3 Å². The lowest BCUT2D eigenvalue weighted by Crippen LogP contribution is -2.24. The molecule has 7 heteroatoms. The standard InChI is InChI=1S/C25H24N2O5/c1-3-18-9-12-21(13-10-18)31-17-24(28)27-26-16-19-11-14-22(23(15-19)30-2)32-25(29)20-7-5-4-6-8-20/h4-16H,3,17H2,1-2H3,(H,27,28). The molecule has 0 bridgehead atoms. The molecule has 0 radical (unpaired) electrons. The number of carbonyl (C=O) groups excluding carboxylic acids is 2. The smallest absolute Gasteiger partial charge is 0.343 e. The average Bonchev–Trinajstić information content (AvgIpc) is 2.84. The lowest BCUT2D eigenvalue weighted by Gasteiger charge is -2.10. The molecule has 0 aliphatic rings. The molecule has 0 saturated heterocycles. The van der Waals surface area contributed by atoms with Crippen LogP contribution < -0.4 is 19.6 Å². The number of aryl methyl sites for hydroxylation is 1. The van der Waals surface area contributed by atoms with Crippen LogP contribution >= 0.6 is 0 Å². The highest BCUT2D eigenvalue weighted by Gasteiger charge is 2.12. The Morgan fingerprint density at radius 3 is 2.41 bits per heavy atom. The first-order valence-corrected chi connectivity index (χ1v) is 10.1. The lowest BCUT2D eigenvalue weighted by molar-refractivity contribution is -0.123. The number of benzene rings is 3. The first-order chi connectivity index (χ1) is 15.6. The van der Waals surface area contributed by atoms with Crippen molar-refractivity contribution in [1.82, 2.24) is 5.43 Å². The van der Waals surface area contributed by atoms with Gasteiger partial charge in [0, 0.05) is 0 Å². The predicted octanol–water partition coefficient (Wildman–Crippen LogP) is 4.01. The van der Waals surface area contributed by atoms with E-state index >= 15 is 0 Å². The molecular weight excluding hydrogens is 408 g/mol.